The van der Waals surface area contributed by atoms with Crippen LogP contribution in [0.1, 0.15) is 19.3 Å². The summed E-state index contributed by atoms with van der Waals surface area (Å²) >= 11 is 0. The first-order valence-electron chi connectivity index (χ1n) is 10.0. The van der Waals surface area contributed by atoms with Crippen LogP contribution >= 0.6 is 0 Å². The molecule has 0 spiro atoms. The van der Waals surface area contributed by atoms with Crippen molar-refractivity contribution in [1.82, 2.24) is 29.7 Å². The second-order valence-corrected chi connectivity index (χ2v) is 7.67. The third-order valence-electron chi connectivity index (χ3n) is 5.59. The number of anilines is 1. The molecule has 4 heterocycles. The first-order valence-corrected chi connectivity index (χ1v) is 10.0. The summed E-state index contributed by atoms with van der Waals surface area (Å²) in [5, 5.41) is 10.5. The van der Waals surface area contributed by atoms with Crippen molar-refractivity contribution in [2.75, 3.05) is 31.1 Å². The Hall–Kier alpha value is -3.48. The number of carboxylic acid groups (broad SMARTS) is 1. The van der Waals surface area contributed by atoms with E-state index in [1.165, 1.54) is 11.2 Å². The lowest BCUT2D eigenvalue weighted by molar-refractivity contribution is -0.125. The lowest BCUT2D eigenvalue weighted by Gasteiger charge is -2.30. The highest BCUT2D eigenvalue weighted by Crippen LogP contribution is 2.24. The minimum atomic E-state index is -1.38. The average molecular weight is 432 g/mol. The van der Waals surface area contributed by atoms with Crippen molar-refractivity contribution >= 4 is 35.1 Å². The van der Waals surface area contributed by atoms with Crippen molar-refractivity contribution in [3.05, 3.63) is 12.7 Å². The van der Waals surface area contributed by atoms with E-state index in [1.54, 1.807) is 10.9 Å². The molecule has 2 aromatic rings. The number of nitrogens with two attached hydrogens (primary N) is 1. The lowest BCUT2D eigenvalue weighted by atomic mass is 9.96. The summed E-state index contributed by atoms with van der Waals surface area (Å²) in [6, 6.07) is 0.104. The fourth-order valence-electron chi connectivity index (χ4n) is 3.92. The smallest absolute Gasteiger partial charge is 0.411 e. The molecule has 0 bridgehead atoms. The van der Waals surface area contributed by atoms with Gasteiger partial charge in [-0.3, -0.25) is 14.7 Å². The molecule has 0 radical (unpaired) electrons. The molecule has 13 nitrogen and oxygen atoms in total. The summed E-state index contributed by atoms with van der Waals surface area (Å²) in [5.41, 5.74) is 7.17. The Bertz CT molecular complexity index is 986. The number of piperidine rings is 1. The van der Waals surface area contributed by atoms with Crippen molar-refractivity contribution in [1.29, 1.82) is 0 Å². The van der Waals surface area contributed by atoms with E-state index < -0.39 is 24.0 Å². The van der Waals surface area contributed by atoms with E-state index in [0.717, 1.165) is 13.0 Å². The molecule has 2 aliphatic heterocycles. The van der Waals surface area contributed by atoms with Gasteiger partial charge in [0.2, 0.25) is 5.91 Å². The maximum Gasteiger partial charge on any atom is 0.411 e. The van der Waals surface area contributed by atoms with E-state index in [2.05, 4.69) is 19.9 Å². The van der Waals surface area contributed by atoms with Gasteiger partial charge >= 0.3 is 12.2 Å². The minimum Gasteiger partial charge on any atom is -0.465 e. The highest BCUT2D eigenvalue weighted by Gasteiger charge is 2.29. The molecule has 13 heteroatoms. The predicted molar refractivity (Wildman–Crippen MR) is 107 cm³/mol. The molecular weight excluding hydrogens is 408 g/mol. The van der Waals surface area contributed by atoms with Crippen LogP contribution in [0.5, 0.6) is 0 Å². The standard InChI is InChI=1S/C18H24N8O5/c19-12-3-6-25(7-12)14-13-15(21-8-20-14)26(9-22-13)10-31-18(30)24-4-1-11(2-5-24)16(27)23-17(28)29/h8-9,11-12H,1-7,10,19H2,(H,23,27)(H,28,29). The molecule has 2 fully saturated rings. The molecule has 0 aliphatic carbocycles. The summed E-state index contributed by atoms with van der Waals surface area (Å²) in [6.45, 7) is 2.06. The van der Waals surface area contributed by atoms with Gasteiger partial charge in [-0.15, -0.1) is 0 Å². The van der Waals surface area contributed by atoms with E-state index in [-0.39, 0.29) is 12.8 Å². The Kier molecular flexibility index (Phi) is 5.84. The van der Waals surface area contributed by atoms with Gasteiger partial charge in [-0.1, -0.05) is 0 Å². The highest BCUT2D eigenvalue weighted by atomic mass is 16.6. The number of carbonyl (C=O) groups excluding carboxylic acids is 2. The number of hydrogen-bond acceptors (Lipinski definition) is 9. The van der Waals surface area contributed by atoms with Gasteiger partial charge in [0.15, 0.2) is 23.7 Å². The monoisotopic (exact) mass is 432 g/mol. The molecule has 166 valence electrons. The topological polar surface area (TPSA) is 169 Å². The van der Waals surface area contributed by atoms with Gasteiger partial charge in [-0.2, -0.15) is 0 Å². The van der Waals surface area contributed by atoms with Gasteiger partial charge in [0.1, 0.15) is 6.33 Å². The van der Waals surface area contributed by atoms with E-state index in [9.17, 15) is 14.4 Å². The highest BCUT2D eigenvalue weighted by molar-refractivity contribution is 5.92. The zero-order valence-electron chi connectivity index (χ0n) is 16.8. The van der Waals surface area contributed by atoms with Crippen LogP contribution in [0.4, 0.5) is 15.4 Å². The quantitative estimate of drug-likeness (QED) is 0.596. The molecule has 4 N–H and O–H groups in total. The zero-order chi connectivity index (χ0) is 22.0. The second kappa shape index (κ2) is 8.71. The van der Waals surface area contributed by atoms with Crippen LogP contribution in [0.2, 0.25) is 0 Å². The Labute approximate surface area is 177 Å². The Balaban J connectivity index is 1.34. The van der Waals surface area contributed by atoms with Gasteiger partial charge in [0.25, 0.3) is 0 Å². The maximum atomic E-state index is 12.4. The molecule has 3 amide bonds. The number of ether oxygens (including phenoxy) is 1. The maximum absolute atomic E-state index is 12.4. The van der Waals surface area contributed by atoms with Crippen molar-refractivity contribution in [2.24, 2.45) is 11.7 Å². The molecule has 0 aromatic carbocycles. The van der Waals surface area contributed by atoms with E-state index in [1.807, 2.05) is 5.32 Å². The van der Waals surface area contributed by atoms with Crippen LogP contribution in [-0.2, 0) is 16.3 Å². The largest absolute Gasteiger partial charge is 0.465 e. The first-order chi connectivity index (χ1) is 14.9. The molecule has 4 rings (SSSR count). The van der Waals surface area contributed by atoms with Gasteiger partial charge in [-0.25, -0.2) is 24.5 Å². The number of hydrogen-bond donors (Lipinski definition) is 3. The normalized spacial score (nSPS) is 19.6. The SMILES string of the molecule is NC1CCN(c2ncnc3c2ncn3COC(=O)N2CCC(C(=O)NC(=O)O)CC2)C1. The number of aromatic nitrogens is 4. The number of carbonyl (C=O) groups is 3. The third-order valence-corrected chi connectivity index (χ3v) is 5.59. The van der Waals surface area contributed by atoms with Crippen molar-refractivity contribution < 1.29 is 24.2 Å². The molecule has 31 heavy (non-hydrogen) atoms. The van der Waals surface area contributed by atoms with E-state index in [4.69, 9.17) is 15.6 Å². The van der Waals surface area contributed by atoms with Crippen LogP contribution in [0.25, 0.3) is 11.2 Å². The number of amides is 3. The van der Waals surface area contributed by atoms with Crippen LogP contribution in [0.15, 0.2) is 12.7 Å². The number of likely N-dealkylation sites (tertiary alicyclic amines) is 1. The lowest BCUT2D eigenvalue weighted by Crippen LogP contribution is -2.44. The number of rotatable bonds is 4. The number of nitrogens with one attached hydrogen (secondary N) is 1. The van der Waals surface area contributed by atoms with Crippen molar-refractivity contribution in [3.8, 4) is 0 Å². The Morgan fingerprint density at radius 1 is 1.16 bits per heavy atom. The summed E-state index contributed by atoms with van der Waals surface area (Å²) in [7, 11) is 0. The fraction of sp³-hybridized carbons (Fsp3) is 0.556. The number of nitrogens with zero attached hydrogens (tertiary/aromatic N) is 6. The average Bonchev–Trinajstić information content (AvgIpc) is 3.37. The molecular formula is C18H24N8O5. The number of imidazole rings is 1. The third kappa shape index (κ3) is 4.50. The molecule has 0 saturated carbocycles. The summed E-state index contributed by atoms with van der Waals surface area (Å²) in [4.78, 5) is 51.3. The summed E-state index contributed by atoms with van der Waals surface area (Å²) < 4.78 is 7.02. The van der Waals surface area contributed by atoms with Gasteiger partial charge in [0, 0.05) is 38.1 Å². The minimum absolute atomic E-state index is 0.0648. The summed E-state index contributed by atoms with van der Waals surface area (Å²) in [5.74, 6) is -0.267. The molecule has 2 aliphatic rings. The number of imide groups is 1. The van der Waals surface area contributed by atoms with Gasteiger partial charge < -0.3 is 25.4 Å². The fourth-order valence-corrected chi connectivity index (χ4v) is 3.92. The van der Waals surface area contributed by atoms with Gasteiger partial charge in [-0.05, 0) is 19.3 Å². The Morgan fingerprint density at radius 2 is 1.94 bits per heavy atom. The van der Waals surface area contributed by atoms with E-state index >= 15 is 0 Å². The first kappa shape index (κ1) is 20.8. The molecule has 2 saturated heterocycles. The number of fused-ring (bicyclic) bond motifs is 1. The van der Waals surface area contributed by atoms with Gasteiger partial charge in [0.05, 0.1) is 6.33 Å². The Morgan fingerprint density at radius 3 is 2.61 bits per heavy atom. The van der Waals surface area contributed by atoms with E-state index in [0.29, 0.717) is 49.5 Å². The second-order valence-electron chi connectivity index (χ2n) is 7.67. The van der Waals surface area contributed by atoms with Crippen LogP contribution in [0.3, 0.4) is 0 Å². The zero-order valence-corrected chi connectivity index (χ0v) is 16.8. The van der Waals surface area contributed by atoms with Crippen LogP contribution in [0, 0.1) is 5.92 Å². The molecule has 1 atom stereocenters. The van der Waals surface area contributed by atoms with Crippen LogP contribution in [-0.4, -0.2) is 79.8 Å². The van der Waals surface area contributed by atoms with Crippen molar-refractivity contribution in [2.45, 2.75) is 32.0 Å². The van der Waals surface area contributed by atoms with Crippen molar-refractivity contribution in [3.63, 3.8) is 0 Å². The molecule has 1 unspecified atom stereocenters. The summed E-state index contributed by atoms with van der Waals surface area (Å²) in [6.07, 6.45) is 2.74. The van der Waals surface area contributed by atoms with Crippen LogP contribution < -0.4 is 16.0 Å². The predicted octanol–water partition coefficient (Wildman–Crippen LogP) is -0.0360. The molecule has 2 aromatic heterocycles.